The molecule has 2 aromatic rings. The zero-order valence-electron chi connectivity index (χ0n) is 11.3. The lowest BCUT2D eigenvalue weighted by atomic mass is 10.2. The molecule has 0 aliphatic carbocycles. The summed E-state index contributed by atoms with van der Waals surface area (Å²) in [5.41, 5.74) is 1.02. The third-order valence-corrected chi connectivity index (χ3v) is 2.60. The van der Waals surface area contributed by atoms with Crippen LogP contribution >= 0.6 is 0 Å². The lowest BCUT2D eigenvalue weighted by Gasteiger charge is -2.08. The Labute approximate surface area is 111 Å². The Morgan fingerprint density at radius 1 is 1.21 bits per heavy atom. The zero-order chi connectivity index (χ0) is 13.7. The van der Waals surface area contributed by atoms with Gasteiger partial charge in [0.1, 0.15) is 0 Å². The van der Waals surface area contributed by atoms with Gasteiger partial charge in [-0.1, -0.05) is 6.07 Å². The number of tetrazole rings is 1. The molecule has 0 atom stereocenters. The van der Waals surface area contributed by atoms with E-state index in [1.54, 1.807) is 19.0 Å². The minimum Gasteiger partial charge on any atom is -0.493 e. The Hall–Kier alpha value is -2.15. The van der Waals surface area contributed by atoms with Gasteiger partial charge in [-0.2, -0.15) is 4.80 Å². The van der Waals surface area contributed by atoms with E-state index in [-0.39, 0.29) is 0 Å². The molecule has 0 fully saturated rings. The van der Waals surface area contributed by atoms with Gasteiger partial charge in [-0.25, -0.2) is 0 Å². The van der Waals surface area contributed by atoms with Crippen LogP contribution in [0.1, 0.15) is 11.4 Å². The third-order valence-electron chi connectivity index (χ3n) is 2.60. The average Bonchev–Trinajstić information content (AvgIpc) is 2.86. The van der Waals surface area contributed by atoms with Crippen molar-refractivity contribution >= 4 is 0 Å². The van der Waals surface area contributed by atoms with E-state index < -0.39 is 0 Å². The summed E-state index contributed by atoms with van der Waals surface area (Å²) in [7, 11) is 5.07. The maximum absolute atomic E-state index is 5.26. The molecular weight excluding hydrogens is 246 g/mol. The first-order valence-electron chi connectivity index (χ1n) is 5.89. The predicted molar refractivity (Wildman–Crippen MR) is 69.2 cm³/mol. The second-order valence-electron chi connectivity index (χ2n) is 3.96. The van der Waals surface area contributed by atoms with Gasteiger partial charge in [0.25, 0.3) is 0 Å². The smallest absolute Gasteiger partial charge is 0.188 e. The predicted octanol–water partition coefficient (Wildman–Crippen LogP) is 0.458. The fourth-order valence-electron chi connectivity index (χ4n) is 1.71. The molecule has 19 heavy (non-hydrogen) atoms. The topological polar surface area (TPSA) is 74.1 Å². The number of benzene rings is 1. The molecule has 0 saturated heterocycles. The van der Waals surface area contributed by atoms with Gasteiger partial charge < -0.3 is 14.8 Å². The van der Waals surface area contributed by atoms with Crippen LogP contribution in [0.15, 0.2) is 18.2 Å². The van der Waals surface area contributed by atoms with Crippen molar-refractivity contribution in [2.24, 2.45) is 0 Å². The van der Waals surface area contributed by atoms with Crippen LogP contribution in [0.5, 0.6) is 11.5 Å². The first-order chi connectivity index (χ1) is 9.26. The summed E-state index contributed by atoms with van der Waals surface area (Å²) in [5.74, 6) is 2.06. The molecule has 7 heteroatoms. The van der Waals surface area contributed by atoms with E-state index in [0.29, 0.717) is 30.4 Å². The van der Waals surface area contributed by atoms with Gasteiger partial charge in [0.05, 0.1) is 27.3 Å². The highest BCUT2D eigenvalue weighted by Gasteiger charge is 2.07. The molecule has 0 unspecified atom stereocenters. The Morgan fingerprint density at radius 2 is 2.00 bits per heavy atom. The summed E-state index contributed by atoms with van der Waals surface area (Å²) >= 11 is 0. The maximum atomic E-state index is 5.26. The number of ether oxygens (including phenoxy) is 2. The number of nitrogens with one attached hydrogen (secondary N) is 1. The van der Waals surface area contributed by atoms with Crippen LogP contribution in [0.2, 0.25) is 0 Å². The van der Waals surface area contributed by atoms with Gasteiger partial charge in [-0.3, -0.25) is 0 Å². The molecule has 0 spiro atoms. The van der Waals surface area contributed by atoms with E-state index in [2.05, 4.69) is 20.7 Å². The summed E-state index contributed by atoms with van der Waals surface area (Å²) in [6, 6.07) is 5.71. The van der Waals surface area contributed by atoms with Gasteiger partial charge in [-0.05, 0) is 30.0 Å². The van der Waals surface area contributed by atoms with Crippen LogP contribution in [0.4, 0.5) is 0 Å². The Kier molecular flexibility index (Phi) is 4.30. The second kappa shape index (κ2) is 6.14. The van der Waals surface area contributed by atoms with Gasteiger partial charge in [-0.15, -0.1) is 10.2 Å². The molecule has 1 N–H and O–H groups in total. The molecule has 0 aliphatic heterocycles. The molecule has 1 aromatic carbocycles. The minimum atomic E-state index is 0.539. The zero-order valence-corrected chi connectivity index (χ0v) is 11.3. The number of rotatable bonds is 6. The average molecular weight is 263 g/mol. The third kappa shape index (κ3) is 3.19. The largest absolute Gasteiger partial charge is 0.493 e. The normalized spacial score (nSPS) is 10.5. The minimum absolute atomic E-state index is 0.539. The molecule has 0 amide bonds. The highest BCUT2D eigenvalue weighted by Crippen LogP contribution is 2.27. The highest BCUT2D eigenvalue weighted by molar-refractivity contribution is 5.42. The number of hydrogen-bond donors (Lipinski definition) is 1. The Bertz CT molecular complexity index is 541. The number of hydrogen-bond acceptors (Lipinski definition) is 6. The van der Waals surface area contributed by atoms with Crippen molar-refractivity contribution < 1.29 is 9.47 Å². The van der Waals surface area contributed by atoms with E-state index >= 15 is 0 Å². The van der Waals surface area contributed by atoms with Crippen LogP contribution < -0.4 is 14.8 Å². The SMILES string of the molecule is CNCc1nnn(Cc2ccc(OC)c(OC)c2)n1. The monoisotopic (exact) mass is 263 g/mol. The first kappa shape index (κ1) is 13.3. The van der Waals surface area contributed by atoms with E-state index in [1.165, 1.54) is 0 Å². The van der Waals surface area contributed by atoms with Crippen molar-refractivity contribution in [3.8, 4) is 11.5 Å². The van der Waals surface area contributed by atoms with Gasteiger partial charge in [0.15, 0.2) is 17.3 Å². The van der Waals surface area contributed by atoms with E-state index in [1.807, 2.05) is 25.2 Å². The maximum Gasteiger partial charge on any atom is 0.188 e. The molecule has 0 aliphatic rings. The number of methoxy groups -OCH3 is 2. The standard InChI is InChI=1S/C12H17N5O2/c1-13-7-12-14-16-17(15-12)8-9-4-5-10(18-2)11(6-9)19-3/h4-6,13H,7-8H2,1-3H3. The summed E-state index contributed by atoms with van der Waals surface area (Å²) in [6.45, 7) is 1.14. The van der Waals surface area contributed by atoms with Crippen molar-refractivity contribution in [3.05, 3.63) is 29.6 Å². The van der Waals surface area contributed by atoms with E-state index in [9.17, 15) is 0 Å². The molecule has 102 valence electrons. The molecule has 0 saturated carbocycles. The number of nitrogens with zero attached hydrogens (tertiary/aromatic N) is 4. The van der Waals surface area contributed by atoms with Crippen molar-refractivity contribution in [1.29, 1.82) is 0 Å². The summed E-state index contributed by atoms with van der Waals surface area (Å²) < 4.78 is 10.5. The van der Waals surface area contributed by atoms with Crippen molar-refractivity contribution in [1.82, 2.24) is 25.5 Å². The summed E-state index contributed by atoms with van der Waals surface area (Å²) in [5, 5.41) is 15.2. The molecule has 0 bridgehead atoms. The van der Waals surface area contributed by atoms with Crippen molar-refractivity contribution in [3.63, 3.8) is 0 Å². The van der Waals surface area contributed by atoms with Crippen LogP contribution in [0.3, 0.4) is 0 Å². The molecule has 7 nitrogen and oxygen atoms in total. The van der Waals surface area contributed by atoms with E-state index in [0.717, 1.165) is 5.56 Å². The van der Waals surface area contributed by atoms with Gasteiger partial charge in [0.2, 0.25) is 0 Å². The lowest BCUT2D eigenvalue weighted by Crippen LogP contribution is -2.08. The lowest BCUT2D eigenvalue weighted by molar-refractivity contribution is 0.354. The Balaban J connectivity index is 2.13. The fraction of sp³-hybridized carbons (Fsp3) is 0.417. The molecule has 2 rings (SSSR count). The molecular formula is C12H17N5O2. The van der Waals surface area contributed by atoms with Crippen molar-refractivity contribution in [2.75, 3.05) is 21.3 Å². The summed E-state index contributed by atoms with van der Waals surface area (Å²) in [4.78, 5) is 1.55. The van der Waals surface area contributed by atoms with Crippen LogP contribution in [0, 0.1) is 0 Å². The van der Waals surface area contributed by atoms with Crippen LogP contribution in [0.25, 0.3) is 0 Å². The van der Waals surface area contributed by atoms with Crippen LogP contribution in [-0.2, 0) is 13.1 Å². The highest BCUT2D eigenvalue weighted by atomic mass is 16.5. The van der Waals surface area contributed by atoms with Crippen LogP contribution in [-0.4, -0.2) is 41.5 Å². The quantitative estimate of drug-likeness (QED) is 0.816. The molecule has 1 heterocycles. The number of aromatic nitrogens is 4. The second-order valence-corrected chi connectivity index (χ2v) is 3.96. The summed E-state index contributed by atoms with van der Waals surface area (Å²) in [6.07, 6.45) is 0. The Morgan fingerprint density at radius 3 is 2.68 bits per heavy atom. The van der Waals surface area contributed by atoms with Gasteiger partial charge in [0, 0.05) is 0 Å². The molecule has 1 aromatic heterocycles. The molecule has 0 radical (unpaired) electrons. The first-order valence-corrected chi connectivity index (χ1v) is 5.89. The van der Waals surface area contributed by atoms with E-state index in [4.69, 9.17) is 9.47 Å². The van der Waals surface area contributed by atoms with Gasteiger partial charge >= 0.3 is 0 Å². The van der Waals surface area contributed by atoms with Crippen molar-refractivity contribution in [2.45, 2.75) is 13.1 Å². The fourth-order valence-corrected chi connectivity index (χ4v) is 1.71.